The van der Waals surface area contributed by atoms with E-state index in [4.69, 9.17) is 14.2 Å². The van der Waals surface area contributed by atoms with Crippen molar-refractivity contribution in [1.29, 1.82) is 0 Å². The molecule has 0 spiro atoms. The van der Waals surface area contributed by atoms with Crippen LogP contribution in [0, 0.1) is 5.82 Å². The number of esters is 2. The minimum atomic E-state index is -6.40. The molecule has 0 bridgehead atoms. The van der Waals surface area contributed by atoms with Gasteiger partial charge in [-0.1, -0.05) is 32.6 Å². The van der Waals surface area contributed by atoms with Gasteiger partial charge < -0.3 is 18.9 Å². The van der Waals surface area contributed by atoms with Crippen molar-refractivity contribution in [2.75, 3.05) is 19.8 Å². The second-order valence-corrected chi connectivity index (χ2v) is 10.7. The minimum Gasteiger partial charge on any atom is -0.493 e. The minimum absolute atomic E-state index is 0.0900. The number of carbonyl (C=O) groups excluding carboxylic acids is 2. The van der Waals surface area contributed by atoms with Gasteiger partial charge >= 0.3 is 30.0 Å². The molecule has 2 aromatic carbocycles. The number of alkyl halides is 7. The first-order valence-electron chi connectivity index (χ1n) is 14.9. The molecule has 0 radical (unpaired) electrons. The van der Waals surface area contributed by atoms with Crippen LogP contribution in [-0.4, -0.2) is 55.9 Å². The molecule has 2 aromatic rings. The van der Waals surface area contributed by atoms with Crippen molar-refractivity contribution in [3.8, 4) is 11.5 Å². The number of hydrogen-bond donors (Lipinski definition) is 0. The number of rotatable bonds is 20. The van der Waals surface area contributed by atoms with Gasteiger partial charge in [-0.25, -0.2) is 14.0 Å². The van der Waals surface area contributed by atoms with Crippen molar-refractivity contribution >= 4 is 11.9 Å². The molecule has 2 rings (SSSR count). The smallest absolute Gasteiger partial charge is 0.459 e. The summed E-state index contributed by atoms with van der Waals surface area (Å²) in [5, 5.41) is 0. The van der Waals surface area contributed by atoms with Crippen molar-refractivity contribution in [1.82, 2.24) is 0 Å². The summed E-state index contributed by atoms with van der Waals surface area (Å²) in [6.07, 6.45) is -0.191. The molecule has 0 aliphatic rings. The van der Waals surface area contributed by atoms with Crippen LogP contribution in [-0.2, 0) is 9.47 Å². The van der Waals surface area contributed by atoms with E-state index in [-0.39, 0.29) is 41.8 Å². The zero-order valence-corrected chi connectivity index (χ0v) is 25.6. The second-order valence-electron chi connectivity index (χ2n) is 10.7. The summed E-state index contributed by atoms with van der Waals surface area (Å²) in [5.74, 6) is -13.8. The van der Waals surface area contributed by atoms with Gasteiger partial charge in [0.1, 0.15) is 23.9 Å². The first kappa shape index (κ1) is 38.8. The van der Waals surface area contributed by atoms with E-state index >= 15 is 0 Å². The van der Waals surface area contributed by atoms with E-state index in [1.165, 1.54) is 36.4 Å². The molecule has 1 unspecified atom stereocenters. The maximum atomic E-state index is 14.6. The maximum absolute atomic E-state index is 14.6. The van der Waals surface area contributed by atoms with E-state index < -0.39 is 49.0 Å². The number of carbonyl (C=O) groups is 2. The molecular formula is C32H38F8O6. The first-order valence-corrected chi connectivity index (χ1v) is 14.9. The van der Waals surface area contributed by atoms with E-state index in [1.54, 1.807) is 0 Å². The van der Waals surface area contributed by atoms with Crippen molar-refractivity contribution in [3.63, 3.8) is 0 Å². The summed E-state index contributed by atoms with van der Waals surface area (Å²) < 4.78 is 123. The fourth-order valence-corrected chi connectivity index (χ4v) is 4.09. The molecule has 0 saturated heterocycles. The quantitative estimate of drug-likeness (QED) is 0.0605. The summed E-state index contributed by atoms with van der Waals surface area (Å²) in [6.45, 7) is 1.55. The van der Waals surface area contributed by atoms with Crippen LogP contribution in [0.5, 0.6) is 11.5 Å². The third-order valence-corrected chi connectivity index (χ3v) is 6.78. The second kappa shape index (κ2) is 18.1. The van der Waals surface area contributed by atoms with Crippen LogP contribution in [0.3, 0.4) is 0 Å². The maximum Gasteiger partial charge on any atom is 0.459 e. The summed E-state index contributed by atoms with van der Waals surface area (Å²) in [6, 6.07) is 9.18. The molecule has 46 heavy (non-hydrogen) atoms. The van der Waals surface area contributed by atoms with Gasteiger partial charge in [0.2, 0.25) is 0 Å². The normalized spacial score (nSPS) is 12.9. The molecule has 0 saturated carbocycles. The molecule has 0 fully saturated rings. The molecule has 6 nitrogen and oxygen atoms in total. The van der Waals surface area contributed by atoms with E-state index in [1.807, 2.05) is 6.92 Å². The molecule has 14 heteroatoms. The van der Waals surface area contributed by atoms with Crippen LogP contribution >= 0.6 is 0 Å². The highest BCUT2D eigenvalue weighted by Gasteiger charge is 2.72. The van der Waals surface area contributed by atoms with Gasteiger partial charge in [0, 0.05) is 12.7 Å². The predicted molar refractivity (Wildman–Crippen MR) is 152 cm³/mol. The van der Waals surface area contributed by atoms with E-state index in [0.717, 1.165) is 38.2 Å². The van der Waals surface area contributed by atoms with Crippen LogP contribution in [0.15, 0.2) is 42.5 Å². The van der Waals surface area contributed by atoms with Crippen molar-refractivity contribution in [2.45, 2.75) is 95.8 Å². The van der Waals surface area contributed by atoms with Gasteiger partial charge in [-0.2, -0.15) is 30.7 Å². The van der Waals surface area contributed by atoms with Crippen LogP contribution < -0.4 is 9.47 Å². The Labute approximate surface area is 262 Å². The Kier molecular flexibility index (Phi) is 15.2. The summed E-state index contributed by atoms with van der Waals surface area (Å²) in [5.41, 5.74) is -0.0793. The fraction of sp³-hybridized carbons (Fsp3) is 0.562. The Morgan fingerprint density at radius 2 is 1.37 bits per heavy atom. The zero-order valence-electron chi connectivity index (χ0n) is 25.6. The van der Waals surface area contributed by atoms with Crippen LogP contribution in [0.1, 0.15) is 92.4 Å². The topological polar surface area (TPSA) is 71.1 Å². The lowest BCUT2D eigenvalue weighted by Crippen LogP contribution is -2.54. The fourth-order valence-electron chi connectivity index (χ4n) is 4.09. The first-order chi connectivity index (χ1) is 21.6. The van der Waals surface area contributed by atoms with Crippen molar-refractivity contribution < 1.29 is 63.7 Å². The molecular weight excluding hydrogens is 632 g/mol. The Morgan fingerprint density at radius 1 is 0.761 bits per heavy atom. The van der Waals surface area contributed by atoms with Crippen LogP contribution in [0.25, 0.3) is 0 Å². The van der Waals surface area contributed by atoms with E-state index in [0.29, 0.717) is 19.3 Å². The third-order valence-electron chi connectivity index (χ3n) is 6.78. The van der Waals surface area contributed by atoms with Crippen molar-refractivity contribution in [3.05, 3.63) is 59.4 Å². The average molecular weight is 671 g/mol. The largest absolute Gasteiger partial charge is 0.493 e. The number of unbranched alkanes of at least 4 members (excludes halogenated alkanes) is 6. The molecule has 258 valence electrons. The highest BCUT2D eigenvalue weighted by molar-refractivity contribution is 5.92. The summed E-state index contributed by atoms with van der Waals surface area (Å²) >= 11 is 0. The third kappa shape index (κ3) is 12.1. The Bertz CT molecular complexity index is 1230. The zero-order chi connectivity index (χ0) is 34.4. The molecule has 0 aliphatic heterocycles. The molecule has 0 heterocycles. The Hall–Kier alpha value is -3.42. The SMILES string of the molecule is CCCCCCC(C)OC(=O)c1ccc(OC(=O)c2ccc(OCCCCCCOCC(F)(F)C(F)(F)C(F)(F)F)cc2F)cc1. The van der Waals surface area contributed by atoms with Gasteiger partial charge in [0.05, 0.1) is 23.8 Å². The van der Waals surface area contributed by atoms with Gasteiger partial charge in [-0.05, 0) is 75.4 Å². The van der Waals surface area contributed by atoms with Gasteiger partial charge in [-0.3, -0.25) is 0 Å². The van der Waals surface area contributed by atoms with Crippen LogP contribution in [0.4, 0.5) is 35.1 Å². The van der Waals surface area contributed by atoms with Crippen molar-refractivity contribution in [2.24, 2.45) is 0 Å². The lowest BCUT2D eigenvalue weighted by Gasteiger charge is -2.27. The molecule has 1 atom stereocenters. The average Bonchev–Trinajstić information content (AvgIpc) is 2.98. The standard InChI is InChI=1S/C32H38F8O6/c1-3-4-5-8-11-22(2)45-28(41)23-12-14-24(15-13-23)46-29(42)26-17-16-25(20-27(26)33)44-19-10-7-6-9-18-43-21-30(34,35)31(36,37)32(38,39)40/h12-17,20,22H,3-11,18-19,21H2,1-2H3. The summed E-state index contributed by atoms with van der Waals surface area (Å²) in [4.78, 5) is 24.8. The van der Waals surface area contributed by atoms with Gasteiger partial charge in [0.25, 0.3) is 0 Å². The Morgan fingerprint density at radius 3 is 1.98 bits per heavy atom. The lowest BCUT2D eigenvalue weighted by molar-refractivity contribution is -0.361. The molecule has 0 aliphatic carbocycles. The number of benzene rings is 2. The molecule has 0 N–H and O–H groups in total. The number of ether oxygens (including phenoxy) is 4. The highest BCUT2D eigenvalue weighted by atomic mass is 19.4. The van der Waals surface area contributed by atoms with E-state index in [9.17, 15) is 44.7 Å². The lowest BCUT2D eigenvalue weighted by atomic mass is 10.1. The van der Waals surface area contributed by atoms with E-state index in [2.05, 4.69) is 11.7 Å². The monoisotopic (exact) mass is 670 g/mol. The van der Waals surface area contributed by atoms with Gasteiger partial charge in [0.15, 0.2) is 0 Å². The Balaban J connectivity index is 1.70. The number of halogens is 8. The molecule has 0 aromatic heterocycles. The van der Waals surface area contributed by atoms with Crippen LogP contribution in [0.2, 0.25) is 0 Å². The molecule has 0 amide bonds. The summed E-state index contributed by atoms with van der Waals surface area (Å²) in [7, 11) is 0. The number of hydrogen-bond acceptors (Lipinski definition) is 6. The predicted octanol–water partition coefficient (Wildman–Crippen LogP) is 9.35. The highest BCUT2D eigenvalue weighted by Crippen LogP contribution is 2.46. The van der Waals surface area contributed by atoms with Gasteiger partial charge in [-0.15, -0.1) is 0 Å².